The Hall–Kier alpha value is -1.33. The molecule has 0 aliphatic heterocycles. The molecule has 102 valence electrons. The second-order valence-corrected chi connectivity index (χ2v) is 4.87. The number of furan rings is 1. The average Bonchev–Trinajstić information content (AvgIpc) is 2.75. The summed E-state index contributed by atoms with van der Waals surface area (Å²) in [6, 6.07) is 1.56. The second kappa shape index (κ2) is 5.54. The van der Waals surface area contributed by atoms with Gasteiger partial charge in [-0.25, -0.2) is 9.68 Å². The van der Waals surface area contributed by atoms with Gasteiger partial charge in [0.1, 0.15) is 17.1 Å². The minimum absolute atomic E-state index is 0.0349. The van der Waals surface area contributed by atoms with Gasteiger partial charge in [-0.3, -0.25) is 5.26 Å². The molecule has 0 amide bonds. The highest BCUT2D eigenvalue weighted by atomic mass is 17.1. The molecule has 0 aliphatic carbocycles. The van der Waals surface area contributed by atoms with E-state index in [1.807, 2.05) is 13.8 Å². The first-order valence-corrected chi connectivity index (χ1v) is 5.97. The molecule has 0 atom stereocenters. The van der Waals surface area contributed by atoms with Crippen LogP contribution in [0, 0.1) is 0 Å². The number of hydrogen-bond donors (Lipinski definition) is 1. The molecular weight excluding hydrogens is 236 g/mol. The van der Waals surface area contributed by atoms with Crippen LogP contribution in [0.25, 0.3) is 0 Å². The highest BCUT2D eigenvalue weighted by molar-refractivity contribution is 5.91. The van der Waals surface area contributed by atoms with Gasteiger partial charge in [-0.2, -0.15) is 0 Å². The number of hydrogen-bond acceptors (Lipinski definition) is 5. The van der Waals surface area contributed by atoms with Crippen molar-refractivity contribution in [2.45, 2.75) is 46.1 Å². The van der Waals surface area contributed by atoms with Crippen LogP contribution >= 0.6 is 0 Å². The summed E-state index contributed by atoms with van der Waals surface area (Å²) in [5.41, 5.74) is -0.624. The van der Waals surface area contributed by atoms with Crippen molar-refractivity contribution >= 4 is 5.97 Å². The van der Waals surface area contributed by atoms with Crippen LogP contribution in [0.15, 0.2) is 10.5 Å². The molecule has 5 heteroatoms. The monoisotopic (exact) mass is 256 g/mol. The number of esters is 1. The normalized spacial score (nSPS) is 11.9. The summed E-state index contributed by atoms with van der Waals surface area (Å²) >= 11 is 0. The zero-order valence-electron chi connectivity index (χ0n) is 11.4. The summed E-state index contributed by atoms with van der Waals surface area (Å²) in [4.78, 5) is 16.2. The Morgan fingerprint density at radius 1 is 1.50 bits per heavy atom. The van der Waals surface area contributed by atoms with Gasteiger partial charge >= 0.3 is 5.97 Å². The van der Waals surface area contributed by atoms with Crippen molar-refractivity contribution in [3.05, 3.63) is 23.2 Å². The van der Waals surface area contributed by atoms with E-state index in [0.29, 0.717) is 23.7 Å². The van der Waals surface area contributed by atoms with Crippen molar-refractivity contribution in [3.8, 4) is 0 Å². The van der Waals surface area contributed by atoms with E-state index in [0.717, 1.165) is 0 Å². The third-order valence-corrected chi connectivity index (χ3v) is 2.60. The molecule has 0 aromatic carbocycles. The van der Waals surface area contributed by atoms with Crippen molar-refractivity contribution in [2.75, 3.05) is 6.61 Å². The third kappa shape index (κ3) is 2.91. The fourth-order valence-electron chi connectivity index (χ4n) is 1.54. The molecular formula is C13H20O5. The zero-order valence-corrected chi connectivity index (χ0v) is 11.4. The Morgan fingerprint density at radius 2 is 2.11 bits per heavy atom. The number of rotatable bonds is 5. The van der Waals surface area contributed by atoms with E-state index in [1.165, 1.54) is 0 Å². The minimum Gasteiger partial charge on any atom is -0.462 e. The maximum absolute atomic E-state index is 11.8. The summed E-state index contributed by atoms with van der Waals surface area (Å²) in [7, 11) is 0. The van der Waals surface area contributed by atoms with E-state index in [1.54, 1.807) is 26.8 Å². The molecule has 1 rings (SSSR count). The van der Waals surface area contributed by atoms with E-state index in [9.17, 15) is 4.79 Å². The topological polar surface area (TPSA) is 68.9 Å². The molecule has 0 saturated heterocycles. The van der Waals surface area contributed by atoms with Crippen molar-refractivity contribution in [3.63, 3.8) is 0 Å². The smallest absolute Gasteiger partial charge is 0.341 e. The first-order valence-electron chi connectivity index (χ1n) is 5.97. The zero-order chi connectivity index (χ0) is 13.9. The molecule has 1 aromatic rings. The molecule has 0 fully saturated rings. The standard InChI is InChI=1S/C13H20O5/c1-6-16-12(14)9-7-10(13(4,5)18-15)17-11(9)8(2)3/h7-8,15H,6H2,1-5H3. The number of ether oxygens (including phenoxy) is 1. The van der Waals surface area contributed by atoms with Gasteiger partial charge in [0, 0.05) is 5.92 Å². The van der Waals surface area contributed by atoms with Crippen LogP contribution in [0.4, 0.5) is 0 Å². The molecule has 0 radical (unpaired) electrons. The molecule has 0 bridgehead atoms. The predicted octanol–water partition coefficient (Wildman–Crippen LogP) is 3.30. The Balaban J connectivity index is 3.21. The Morgan fingerprint density at radius 3 is 2.56 bits per heavy atom. The lowest BCUT2D eigenvalue weighted by atomic mass is 10.0. The lowest BCUT2D eigenvalue weighted by Gasteiger charge is -2.17. The predicted molar refractivity (Wildman–Crippen MR) is 65.5 cm³/mol. The fraction of sp³-hybridized carbons (Fsp3) is 0.615. The summed E-state index contributed by atoms with van der Waals surface area (Å²) in [5, 5.41) is 8.85. The lowest BCUT2D eigenvalue weighted by molar-refractivity contribution is -0.322. The van der Waals surface area contributed by atoms with Crippen molar-refractivity contribution in [2.24, 2.45) is 0 Å². The SMILES string of the molecule is CCOC(=O)c1cc(C(C)(C)OO)oc1C(C)C. The molecule has 18 heavy (non-hydrogen) atoms. The summed E-state index contributed by atoms with van der Waals surface area (Å²) < 4.78 is 10.6. The highest BCUT2D eigenvalue weighted by Crippen LogP contribution is 2.32. The third-order valence-electron chi connectivity index (χ3n) is 2.60. The van der Waals surface area contributed by atoms with Crippen molar-refractivity contribution < 1.29 is 24.1 Å². The van der Waals surface area contributed by atoms with Crippen LogP contribution in [0.5, 0.6) is 0 Å². The molecule has 0 spiro atoms. The van der Waals surface area contributed by atoms with Gasteiger partial charge in [-0.05, 0) is 26.8 Å². The van der Waals surface area contributed by atoms with Gasteiger partial charge < -0.3 is 9.15 Å². The highest BCUT2D eigenvalue weighted by Gasteiger charge is 2.31. The quantitative estimate of drug-likeness (QED) is 0.497. The van der Waals surface area contributed by atoms with E-state index in [2.05, 4.69) is 4.89 Å². The first kappa shape index (κ1) is 14.7. The number of carbonyl (C=O) groups excluding carboxylic acids is 1. The molecule has 0 unspecified atom stereocenters. The van der Waals surface area contributed by atoms with Crippen LogP contribution < -0.4 is 0 Å². The van der Waals surface area contributed by atoms with Gasteiger partial charge in [-0.1, -0.05) is 13.8 Å². The van der Waals surface area contributed by atoms with E-state index in [-0.39, 0.29) is 5.92 Å². The van der Waals surface area contributed by atoms with Gasteiger partial charge in [-0.15, -0.1) is 0 Å². The maximum atomic E-state index is 11.8. The van der Waals surface area contributed by atoms with Crippen LogP contribution in [-0.2, 0) is 15.2 Å². The second-order valence-electron chi connectivity index (χ2n) is 4.87. The average molecular weight is 256 g/mol. The van der Waals surface area contributed by atoms with E-state index in [4.69, 9.17) is 14.4 Å². The largest absolute Gasteiger partial charge is 0.462 e. The minimum atomic E-state index is -1.01. The van der Waals surface area contributed by atoms with Crippen LogP contribution in [0.2, 0.25) is 0 Å². The van der Waals surface area contributed by atoms with Gasteiger partial charge in [0.25, 0.3) is 0 Å². The van der Waals surface area contributed by atoms with Crippen LogP contribution in [0.3, 0.4) is 0 Å². The molecule has 1 heterocycles. The molecule has 0 saturated carbocycles. The van der Waals surface area contributed by atoms with Gasteiger partial charge in [0.15, 0.2) is 5.60 Å². The Kier molecular flexibility index (Phi) is 4.53. The molecule has 5 nitrogen and oxygen atoms in total. The van der Waals surface area contributed by atoms with E-state index >= 15 is 0 Å². The summed E-state index contributed by atoms with van der Waals surface area (Å²) in [5.74, 6) is 0.530. The summed E-state index contributed by atoms with van der Waals surface area (Å²) in [6.45, 7) is 9.16. The van der Waals surface area contributed by atoms with Crippen LogP contribution in [0.1, 0.15) is 62.4 Å². The lowest BCUT2D eigenvalue weighted by Crippen LogP contribution is -2.18. The number of carbonyl (C=O) groups is 1. The molecule has 0 aliphatic rings. The first-order chi connectivity index (χ1) is 8.33. The summed E-state index contributed by atoms with van der Waals surface area (Å²) in [6.07, 6.45) is 0. The fourth-order valence-corrected chi connectivity index (χ4v) is 1.54. The Labute approximate surface area is 107 Å². The van der Waals surface area contributed by atoms with Crippen molar-refractivity contribution in [1.82, 2.24) is 0 Å². The van der Waals surface area contributed by atoms with Crippen LogP contribution in [-0.4, -0.2) is 17.8 Å². The molecule has 1 aromatic heterocycles. The van der Waals surface area contributed by atoms with Crippen molar-refractivity contribution in [1.29, 1.82) is 0 Å². The van der Waals surface area contributed by atoms with E-state index < -0.39 is 11.6 Å². The Bertz CT molecular complexity index is 417. The van der Waals surface area contributed by atoms with Gasteiger partial charge in [0.05, 0.1) is 6.61 Å². The van der Waals surface area contributed by atoms with Gasteiger partial charge in [0.2, 0.25) is 0 Å². The maximum Gasteiger partial charge on any atom is 0.341 e. The molecule has 1 N–H and O–H groups in total.